The fourth-order valence-electron chi connectivity index (χ4n) is 1.76. The molecule has 0 radical (unpaired) electrons. The van der Waals surface area contributed by atoms with Gasteiger partial charge in [-0.3, -0.25) is 4.79 Å². The summed E-state index contributed by atoms with van der Waals surface area (Å²) in [7, 11) is 1.30. The van der Waals surface area contributed by atoms with Crippen molar-refractivity contribution in [2.45, 2.75) is 12.8 Å². The van der Waals surface area contributed by atoms with Crippen molar-refractivity contribution in [3.8, 4) is 0 Å². The molecule has 0 spiro atoms. The Hall–Kier alpha value is -2.63. The van der Waals surface area contributed by atoms with Gasteiger partial charge in [0, 0.05) is 18.3 Å². The minimum atomic E-state index is -0.477. The molecule has 2 aromatic rings. The van der Waals surface area contributed by atoms with E-state index in [1.54, 1.807) is 36.8 Å². The SMILES string of the molecule is COC(=O)c1ccccc1NC(=O)CCc1cnc[nH]1. The van der Waals surface area contributed by atoms with Gasteiger partial charge in [-0.2, -0.15) is 0 Å². The number of H-pyrrole nitrogens is 1. The van der Waals surface area contributed by atoms with E-state index < -0.39 is 5.97 Å². The van der Waals surface area contributed by atoms with Crippen molar-refractivity contribution in [2.75, 3.05) is 12.4 Å². The number of aromatic nitrogens is 2. The monoisotopic (exact) mass is 273 g/mol. The van der Waals surface area contributed by atoms with Crippen molar-refractivity contribution in [1.29, 1.82) is 0 Å². The summed E-state index contributed by atoms with van der Waals surface area (Å²) in [6.07, 6.45) is 4.11. The molecule has 0 aliphatic rings. The molecule has 1 aromatic carbocycles. The van der Waals surface area contributed by atoms with Crippen LogP contribution in [0.15, 0.2) is 36.8 Å². The number of anilines is 1. The normalized spacial score (nSPS) is 10.1. The van der Waals surface area contributed by atoms with E-state index in [2.05, 4.69) is 20.0 Å². The number of aromatic amines is 1. The van der Waals surface area contributed by atoms with Gasteiger partial charge in [0.15, 0.2) is 0 Å². The molecule has 0 saturated heterocycles. The molecule has 6 nitrogen and oxygen atoms in total. The molecule has 1 aromatic heterocycles. The lowest BCUT2D eigenvalue weighted by Gasteiger charge is -2.09. The zero-order valence-corrected chi connectivity index (χ0v) is 11.1. The molecule has 0 atom stereocenters. The average molecular weight is 273 g/mol. The van der Waals surface area contributed by atoms with E-state index in [1.807, 2.05) is 0 Å². The Morgan fingerprint density at radius 3 is 2.85 bits per heavy atom. The second-order valence-electron chi connectivity index (χ2n) is 4.16. The lowest BCUT2D eigenvalue weighted by atomic mass is 10.1. The van der Waals surface area contributed by atoms with Gasteiger partial charge in [0.2, 0.25) is 5.91 Å². The van der Waals surface area contributed by atoms with E-state index in [4.69, 9.17) is 0 Å². The van der Waals surface area contributed by atoms with E-state index >= 15 is 0 Å². The Labute approximate surface area is 116 Å². The van der Waals surface area contributed by atoms with E-state index in [0.29, 0.717) is 24.1 Å². The first-order chi connectivity index (χ1) is 9.70. The highest BCUT2D eigenvalue weighted by Gasteiger charge is 2.13. The van der Waals surface area contributed by atoms with Crippen molar-refractivity contribution in [3.05, 3.63) is 48.0 Å². The summed E-state index contributed by atoms with van der Waals surface area (Å²) >= 11 is 0. The number of para-hydroxylation sites is 1. The van der Waals surface area contributed by atoms with Gasteiger partial charge in [-0.25, -0.2) is 9.78 Å². The highest BCUT2D eigenvalue weighted by Crippen LogP contribution is 2.16. The smallest absolute Gasteiger partial charge is 0.339 e. The summed E-state index contributed by atoms with van der Waals surface area (Å²) in [5.74, 6) is -0.648. The number of nitrogens with zero attached hydrogens (tertiary/aromatic N) is 1. The molecule has 6 heteroatoms. The molecule has 20 heavy (non-hydrogen) atoms. The number of aryl methyl sites for hydroxylation is 1. The van der Waals surface area contributed by atoms with Gasteiger partial charge >= 0.3 is 5.97 Å². The quantitative estimate of drug-likeness (QED) is 0.813. The van der Waals surface area contributed by atoms with Crippen LogP contribution >= 0.6 is 0 Å². The molecule has 2 N–H and O–H groups in total. The summed E-state index contributed by atoms with van der Waals surface area (Å²) in [6.45, 7) is 0. The summed E-state index contributed by atoms with van der Waals surface area (Å²) in [5.41, 5.74) is 1.68. The van der Waals surface area contributed by atoms with Gasteiger partial charge in [-0.15, -0.1) is 0 Å². The topological polar surface area (TPSA) is 84.1 Å². The molecule has 0 aliphatic heterocycles. The number of carbonyl (C=O) groups is 2. The molecule has 0 unspecified atom stereocenters. The van der Waals surface area contributed by atoms with Crippen LogP contribution in [0, 0.1) is 0 Å². The largest absolute Gasteiger partial charge is 0.465 e. The number of methoxy groups -OCH3 is 1. The zero-order valence-electron chi connectivity index (χ0n) is 11.1. The summed E-state index contributed by atoms with van der Waals surface area (Å²) in [5, 5.41) is 2.71. The van der Waals surface area contributed by atoms with E-state index in [1.165, 1.54) is 7.11 Å². The van der Waals surface area contributed by atoms with Crippen LogP contribution < -0.4 is 5.32 Å². The molecule has 2 rings (SSSR count). The van der Waals surface area contributed by atoms with E-state index in [9.17, 15) is 9.59 Å². The van der Waals surface area contributed by atoms with Crippen molar-refractivity contribution in [2.24, 2.45) is 0 Å². The van der Waals surface area contributed by atoms with Gasteiger partial charge in [0.05, 0.1) is 24.7 Å². The van der Waals surface area contributed by atoms with Crippen molar-refractivity contribution in [1.82, 2.24) is 9.97 Å². The molecule has 104 valence electrons. The lowest BCUT2D eigenvalue weighted by molar-refractivity contribution is -0.116. The number of esters is 1. The number of carbonyl (C=O) groups excluding carboxylic acids is 2. The average Bonchev–Trinajstić information content (AvgIpc) is 2.98. The highest BCUT2D eigenvalue weighted by molar-refractivity contribution is 6.01. The van der Waals surface area contributed by atoms with Crippen molar-refractivity contribution >= 4 is 17.6 Å². The van der Waals surface area contributed by atoms with Crippen LogP contribution in [0.3, 0.4) is 0 Å². The lowest BCUT2D eigenvalue weighted by Crippen LogP contribution is -2.15. The van der Waals surface area contributed by atoms with Gasteiger partial charge in [0.25, 0.3) is 0 Å². The summed E-state index contributed by atoms with van der Waals surface area (Å²) < 4.78 is 4.67. The summed E-state index contributed by atoms with van der Waals surface area (Å²) in [4.78, 5) is 30.3. The maximum Gasteiger partial charge on any atom is 0.339 e. The number of ether oxygens (including phenoxy) is 1. The molecule has 0 fully saturated rings. The van der Waals surface area contributed by atoms with Gasteiger partial charge < -0.3 is 15.0 Å². The number of hydrogen-bond donors (Lipinski definition) is 2. The van der Waals surface area contributed by atoms with Crippen LogP contribution in [0.1, 0.15) is 22.5 Å². The maximum atomic E-state index is 11.9. The first-order valence-electron chi connectivity index (χ1n) is 6.15. The second-order valence-corrected chi connectivity index (χ2v) is 4.16. The molecule has 0 bridgehead atoms. The third-order valence-corrected chi connectivity index (χ3v) is 2.78. The Balaban J connectivity index is 1.99. The number of amides is 1. The predicted octanol–water partition coefficient (Wildman–Crippen LogP) is 1.77. The molecule has 1 amide bonds. The Morgan fingerprint density at radius 2 is 2.15 bits per heavy atom. The maximum absolute atomic E-state index is 11.9. The fourth-order valence-corrected chi connectivity index (χ4v) is 1.76. The second kappa shape index (κ2) is 6.51. The third-order valence-electron chi connectivity index (χ3n) is 2.78. The molecule has 0 saturated carbocycles. The Bertz CT molecular complexity index is 593. The van der Waals surface area contributed by atoms with Crippen LogP contribution in [0.25, 0.3) is 0 Å². The molecular weight excluding hydrogens is 258 g/mol. The number of benzene rings is 1. The Morgan fingerprint density at radius 1 is 1.35 bits per heavy atom. The van der Waals surface area contributed by atoms with Crippen LogP contribution in [0.2, 0.25) is 0 Å². The van der Waals surface area contributed by atoms with Gasteiger partial charge in [0.1, 0.15) is 0 Å². The molecule has 0 aliphatic carbocycles. The zero-order chi connectivity index (χ0) is 14.4. The third kappa shape index (κ3) is 3.44. The van der Waals surface area contributed by atoms with Gasteiger partial charge in [-0.05, 0) is 18.6 Å². The molecular formula is C14H15N3O3. The van der Waals surface area contributed by atoms with Crippen LogP contribution in [0.4, 0.5) is 5.69 Å². The van der Waals surface area contributed by atoms with Crippen molar-refractivity contribution < 1.29 is 14.3 Å². The Kier molecular flexibility index (Phi) is 4.49. The van der Waals surface area contributed by atoms with E-state index in [0.717, 1.165) is 5.69 Å². The fraction of sp³-hybridized carbons (Fsp3) is 0.214. The first kappa shape index (κ1) is 13.8. The van der Waals surface area contributed by atoms with Gasteiger partial charge in [-0.1, -0.05) is 12.1 Å². The molecule has 1 heterocycles. The minimum Gasteiger partial charge on any atom is -0.465 e. The number of rotatable bonds is 5. The summed E-state index contributed by atoms with van der Waals surface area (Å²) in [6, 6.07) is 6.74. The van der Waals surface area contributed by atoms with Crippen LogP contribution in [-0.4, -0.2) is 29.0 Å². The highest BCUT2D eigenvalue weighted by atomic mass is 16.5. The standard InChI is InChI=1S/C14H15N3O3/c1-20-14(19)11-4-2-3-5-12(11)17-13(18)7-6-10-8-15-9-16-10/h2-5,8-9H,6-7H2,1H3,(H,15,16)(H,17,18). The van der Waals surface area contributed by atoms with Crippen LogP contribution in [-0.2, 0) is 16.0 Å². The minimum absolute atomic E-state index is 0.170. The first-order valence-corrected chi connectivity index (χ1v) is 6.15. The van der Waals surface area contributed by atoms with Crippen molar-refractivity contribution in [3.63, 3.8) is 0 Å². The number of nitrogens with one attached hydrogen (secondary N) is 2. The van der Waals surface area contributed by atoms with E-state index in [-0.39, 0.29) is 5.91 Å². The van der Waals surface area contributed by atoms with Crippen LogP contribution in [0.5, 0.6) is 0 Å². The number of hydrogen-bond acceptors (Lipinski definition) is 4. The predicted molar refractivity (Wildman–Crippen MR) is 73.3 cm³/mol. The number of imidazole rings is 1.